The Hall–Kier alpha value is -1.12. The van der Waals surface area contributed by atoms with E-state index in [-0.39, 0.29) is 0 Å². The number of aryl methyl sites for hydroxylation is 1. The highest BCUT2D eigenvalue weighted by Gasteiger charge is 2.18. The van der Waals surface area contributed by atoms with Gasteiger partial charge in [-0.2, -0.15) is 0 Å². The fourth-order valence-corrected chi connectivity index (χ4v) is 2.22. The summed E-state index contributed by atoms with van der Waals surface area (Å²) >= 11 is 0. The van der Waals surface area contributed by atoms with Crippen LogP contribution in [0.4, 0.5) is 0 Å². The largest absolute Gasteiger partial charge is 0.386 e. The second-order valence-corrected chi connectivity index (χ2v) is 5.18. The van der Waals surface area contributed by atoms with Crippen molar-refractivity contribution >= 4 is 6.08 Å². The number of nitrogens with two attached hydrogens (primary N) is 1. The highest BCUT2D eigenvalue weighted by molar-refractivity contribution is 5.51. The number of rotatable bonds is 8. The Kier molecular flexibility index (Phi) is 6.82. The third kappa shape index (κ3) is 5.58. The summed E-state index contributed by atoms with van der Waals surface area (Å²) in [7, 11) is 0. The van der Waals surface area contributed by atoms with E-state index >= 15 is 0 Å². The molecule has 1 rings (SSSR count). The lowest BCUT2D eigenvalue weighted by Gasteiger charge is -2.21. The highest BCUT2D eigenvalue weighted by Crippen LogP contribution is 2.20. The smallest absolute Gasteiger partial charge is 0.0828 e. The van der Waals surface area contributed by atoms with Crippen LogP contribution >= 0.6 is 0 Å². The maximum atomic E-state index is 10.4. The van der Waals surface area contributed by atoms with Crippen LogP contribution in [0.25, 0.3) is 6.08 Å². The van der Waals surface area contributed by atoms with Crippen LogP contribution in [0.2, 0.25) is 0 Å². The predicted molar refractivity (Wildman–Crippen MR) is 83.0 cm³/mol. The molecule has 0 saturated carbocycles. The summed E-state index contributed by atoms with van der Waals surface area (Å²) in [6.07, 6.45) is 8.57. The normalized spacial score (nSPS) is 14.7. The second-order valence-electron chi connectivity index (χ2n) is 5.18. The van der Waals surface area contributed by atoms with Crippen LogP contribution in [0.3, 0.4) is 0 Å². The van der Waals surface area contributed by atoms with Crippen molar-refractivity contribution in [2.75, 3.05) is 6.54 Å². The lowest BCUT2D eigenvalue weighted by atomic mass is 9.93. The average molecular weight is 261 g/mol. The van der Waals surface area contributed by atoms with Crippen LogP contribution in [-0.2, 0) is 6.42 Å². The van der Waals surface area contributed by atoms with Crippen LogP contribution in [0.15, 0.2) is 30.3 Å². The first-order valence-electron chi connectivity index (χ1n) is 7.34. The predicted octanol–water partition coefficient (Wildman–Crippen LogP) is 3.53. The van der Waals surface area contributed by atoms with Gasteiger partial charge in [0.2, 0.25) is 0 Å². The molecule has 0 aliphatic heterocycles. The molecule has 1 aromatic carbocycles. The van der Waals surface area contributed by atoms with Gasteiger partial charge in [0.1, 0.15) is 0 Å². The molecule has 0 radical (unpaired) electrons. The standard InChI is InChI=1S/C17H27NO/c1-3-11-17(19,4-2)12-10-16-8-5-7-15(14-16)9-6-13-18/h5,7-8,10,12,14,19H,3-4,6,9,11,13,18H2,1-2H3/b12-10+. The van der Waals surface area contributed by atoms with Crippen molar-refractivity contribution < 1.29 is 5.11 Å². The lowest BCUT2D eigenvalue weighted by Crippen LogP contribution is -2.23. The molecule has 0 aromatic heterocycles. The Bertz CT molecular complexity index is 400. The monoisotopic (exact) mass is 261 g/mol. The van der Waals surface area contributed by atoms with Crippen LogP contribution in [0, 0.1) is 0 Å². The SMILES string of the molecule is CCCC(O)(/C=C/c1cccc(CCCN)c1)CC. The van der Waals surface area contributed by atoms with E-state index in [2.05, 4.69) is 31.2 Å². The van der Waals surface area contributed by atoms with Gasteiger partial charge in [-0.25, -0.2) is 0 Å². The molecular weight excluding hydrogens is 234 g/mol. The zero-order valence-electron chi connectivity index (χ0n) is 12.2. The van der Waals surface area contributed by atoms with Crippen molar-refractivity contribution in [1.82, 2.24) is 0 Å². The van der Waals surface area contributed by atoms with Crippen molar-refractivity contribution in [3.8, 4) is 0 Å². The van der Waals surface area contributed by atoms with Gasteiger partial charge < -0.3 is 10.8 Å². The molecule has 106 valence electrons. The zero-order chi connectivity index (χ0) is 14.1. The van der Waals surface area contributed by atoms with Crippen LogP contribution < -0.4 is 5.73 Å². The van der Waals surface area contributed by atoms with E-state index in [1.807, 2.05) is 19.1 Å². The van der Waals surface area contributed by atoms with E-state index in [4.69, 9.17) is 5.73 Å². The molecule has 0 aliphatic rings. The van der Waals surface area contributed by atoms with Crippen molar-refractivity contribution in [2.24, 2.45) is 5.73 Å². The molecule has 0 amide bonds. The molecule has 0 heterocycles. The Morgan fingerprint density at radius 1 is 1.32 bits per heavy atom. The third-order valence-electron chi connectivity index (χ3n) is 3.50. The molecule has 0 bridgehead atoms. The van der Waals surface area contributed by atoms with Gasteiger partial charge in [-0.3, -0.25) is 0 Å². The summed E-state index contributed by atoms with van der Waals surface area (Å²) in [5, 5.41) is 10.4. The Labute approximate surface area is 117 Å². The fraction of sp³-hybridized carbons (Fsp3) is 0.529. The maximum Gasteiger partial charge on any atom is 0.0828 e. The first kappa shape index (κ1) is 15.9. The van der Waals surface area contributed by atoms with E-state index in [1.165, 1.54) is 5.56 Å². The summed E-state index contributed by atoms with van der Waals surface area (Å²) in [6, 6.07) is 8.44. The Balaban J connectivity index is 2.75. The minimum atomic E-state index is -0.665. The van der Waals surface area contributed by atoms with Gasteiger partial charge in [-0.15, -0.1) is 0 Å². The Morgan fingerprint density at radius 2 is 2.11 bits per heavy atom. The third-order valence-corrected chi connectivity index (χ3v) is 3.50. The number of aliphatic hydroxyl groups is 1. The second kappa shape index (κ2) is 8.13. The topological polar surface area (TPSA) is 46.2 Å². The summed E-state index contributed by atoms with van der Waals surface area (Å²) < 4.78 is 0. The first-order chi connectivity index (χ1) is 9.13. The quantitative estimate of drug-likeness (QED) is 0.752. The highest BCUT2D eigenvalue weighted by atomic mass is 16.3. The summed E-state index contributed by atoms with van der Waals surface area (Å²) in [4.78, 5) is 0. The molecule has 0 spiro atoms. The molecule has 3 N–H and O–H groups in total. The minimum Gasteiger partial charge on any atom is -0.386 e. The number of hydrogen-bond acceptors (Lipinski definition) is 2. The molecular formula is C17H27NO. The summed E-state index contributed by atoms with van der Waals surface area (Å²) in [6.45, 7) is 4.85. The molecule has 1 unspecified atom stereocenters. The van der Waals surface area contributed by atoms with Gasteiger partial charge >= 0.3 is 0 Å². The van der Waals surface area contributed by atoms with Crippen LogP contribution in [-0.4, -0.2) is 17.3 Å². The van der Waals surface area contributed by atoms with Crippen LogP contribution in [0.1, 0.15) is 50.7 Å². The van der Waals surface area contributed by atoms with Gasteiger partial charge in [0.25, 0.3) is 0 Å². The molecule has 1 atom stereocenters. The zero-order valence-corrected chi connectivity index (χ0v) is 12.2. The molecule has 19 heavy (non-hydrogen) atoms. The number of hydrogen-bond donors (Lipinski definition) is 2. The fourth-order valence-electron chi connectivity index (χ4n) is 2.22. The molecule has 1 aromatic rings. The summed E-state index contributed by atoms with van der Waals surface area (Å²) in [5.41, 5.74) is 7.33. The molecule has 0 fully saturated rings. The Morgan fingerprint density at radius 3 is 2.74 bits per heavy atom. The van der Waals surface area contributed by atoms with Gasteiger partial charge in [0, 0.05) is 0 Å². The van der Waals surface area contributed by atoms with Gasteiger partial charge in [-0.1, -0.05) is 56.7 Å². The van der Waals surface area contributed by atoms with E-state index in [9.17, 15) is 5.11 Å². The lowest BCUT2D eigenvalue weighted by molar-refractivity contribution is 0.0775. The van der Waals surface area contributed by atoms with Crippen molar-refractivity contribution in [2.45, 2.75) is 51.6 Å². The van der Waals surface area contributed by atoms with E-state index in [0.29, 0.717) is 0 Å². The van der Waals surface area contributed by atoms with Gasteiger partial charge in [0.15, 0.2) is 0 Å². The van der Waals surface area contributed by atoms with E-state index in [0.717, 1.165) is 44.2 Å². The number of benzene rings is 1. The average Bonchev–Trinajstić information content (AvgIpc) is 2.44. The molecule has 0 saturated heterocycles. The molecule has 2 nitrogen and oxygen atoms in total. The van der Waals surface area contributed by atoms with Gasteiger partial charge in [0.05, 0.1) is 5.60 Å². The van der Waals surface area contributed by atoms with Crippen LogP contribution in [0.5, 0.6) is 0 Å². The minimum absolute atomic E-state index is 0.665. The van der Waals surface area contributed by atoms with Crippen molar-refractivity contribution in [3.63, 3.8) is 0 Å². The first-order valence-corrected chi connectivity index (χ1v) is 7.34. The maximum absolute atomic E-state index is 10.4. The van der Waals surface area contributed by atoms with E-state index < -0.39 is 5.60 Å². The molecule has 0 aliphatic carbocycles. The summed E-state index contributed by atoms with van der Waals surface area (Å²) in [5.74, 6) is 0. The van der Waals surface area contributed by atoms with Gasteiger partial charge in [-0.05, 0) is 43.4 Å². The molecule has 2 heteroatoms. The van der Waals surface area contributed by atoms with E-state index in [1.54, 1.807) is 0 Å². The van der Waals surface area contributed by atoms with Crippen molar-refractivity contribution in [1.29, 1.82) is 0 Å². The van der Waals surface area contributed by atoms with Crippen molar-refractivity contribution in [3.05, 3.63) is 41.5 Å².